The molecule has 5 nitrogen and oxygen atoms in total. The average Bonchev–Trinajstić information content (AvgIpc) is 2.85. The first-order chi connectivity index (χ1) is 10.3. The fraction of sp³-hybridized carbons (Fsp3) is 0.214. The molecule has 0 saturated heterocycles. The predicted molar refractivity (Wildman–Crippen MR) is 75.0 cm³/mol. The molecule has 2 heterocycles. The lowest BCUT2D eigenvalue weighted by atomic mass is 10.2. The monoisotopic (exact) mass is 307 g/mol. The highest BCUT2D eigenvalue weighted by atomic mass is 19.4. The van der Waals surface area contributed by atoms with Crippen LogP contribution < -0.4 is 5.32 Å². The average molecular weight is 307 g/mol. The molecule has 0 atom stereocenters. The molecular formula is C14H12F3N5. The van der Waals surface area contributed by atoms with E-state index in [-0.39, 0.29) is 5.78 Å². The predicted octanol–water partition coefficient (Wildman–Crippen LogP) is 3.50. The van der Waals surface area contributed by atoms with Crippen LogP contribution in [0.3, 0.4) is 0 Å². The molecule has 114 valence electrons. The number of nitrogens with zero attached hydrogens (tertiary/aromatic N) is 4. The minimum atomic E-state index is -4.61. The van der Waals surface area contributed by atoms with E-state index in [1.165, 1.54) is 0 Å². The van der Waals surface area contributed by atoms with E-state index in [9.17, 15) is 13.2 Å². The van der Waals surface area contributed by atoms with Crippen molar-refractivity contribution in [3.8, 4) is 0 Å². The molecule has 0 saturated carbocycles. The van der Waals surface area contributed by atoms with Crippen molar-refractivity contribution in [2.45, 2.75) is 20.0 Å². The van der Waals surface area contributed by atoms with Gasteiger partial charge < -0.3 is 5.32 Å². The fourth-order valence-electron chi connectivity index (χ4n) is 1.98. The molecule has 1 aromatic carbocycles. The maximum absolute atomic E-state index is 12.7. The molecule has 2 aromatic heterocycles. The third kappa shape index (κ3) is 2.72. The fourth-order valence-corrected chi connectivity index (χ4v) is 1.98. The highest BCUT2D eigenvalue weighted by molar-refractivity contribution is 5.59. The lowest BCUT2D eigenvalue weighted by molar-refractivity contribution is -0.144. The van der Waals surface area contributed by atoms with Gasteiger partial charge in [-0.15, -0.1) is 5.10 Å². The van der Waals surface area contributed by atoms with Crippen LogP contribution in [-0.2, 0) is 6.18 Å². The van der Waals surface area contributed by atoms with Crippen LogP contribution in [0.15, 0.2) is 30.3 Å². The summed E-state index contributed by atoms with van der Waals surface area (Å²) in [5.41, 5.74) is 2.37. The Labute approximate surface area is 123 Å². The van der Waals surface area contributed by atoms with Gasteiger partial charge in [0.15, 0.2) is 0 Å². The molecule has 0 spiro atoms. The second-order valence-corrected chi connectivity index (χ2v) is 4.92. The Morgan fingerprint density at radius 3 is 2.36 bits per heavy atom. The lowest BCUT2D eigenvalue weighted by Crippen LogP contribution is -2.08. The molecule has 0 aliphatic carbocycles. The van der Waals surface area contributed by atoms with Crippen LogP contribution in [0.1, 0.15) is 17.1 Å². The number of benzene rings is 1. The number of aromatic nitrogens is 4. The minimum absolute atomic E-state index is 0.0954. The van der Waals surface area contributed by atoms with E-state index in [2.05, 4.69) is 20.4 Å². The zero-order chi connectivity index (χ0) is 15.9. The van der Waals surface area contributed by atoms with Crippen molar-refractivity contribution in [2.75, 3.05) is 5.32 Å². The molecule has 0 unspecified atom stereocenters. The number of hydrogen-bond acceptors (Lipinski definition) is 4. The van der Waals surface area contributed by atoms with Gasteiger partial charge in [-0.05, 0) is 26.0 Å². The van der Waals surface area contributed by atoms with Crippen LogP contribution in [0.2, 0.25) is 0 Å². The number of hydrogen-bond donors (Lipinski definition) is 1. The standard InChI is InChI=1S/C14H12F3N5/c1-8-3-5-10(6-4-8)19-11-7-9(2)18-13-20-12(14(15,16)17)21-22(11)13/h3-7,19H,1-2H3. The number of rotatable bonds is 2. The Kier molecular flexibility index (Phi) is 3.23. The number of anilines is 2. The quantitative estimate of drug-likeness (QED) is 0.787. The first-order valence-corrected chi connectivity index (χ1v) is 6.48. The number of alkyl halides is 3. The van der Waals surface area contributed by atoms with Gasteiger partial charge in [0.2, 0.25) is 0 Å². The van der Waals surface area contributed by atoms with E-state index in [4.69, 9.17) is 0 Å². The van der Waals surface area contributed by atoms with Crippen LogP contribution in [0.25, 0.3) is 5.78 Å². The largest absolute Gasteiger partial charge is 0.453 e. The van der Waals surface area contributed by atoms with Gasteiger partial charge in [0.1, 0.15) is 5.82 Å². The molecule has 0 aliphatic heterocycles. The van der Waals surface area contributed by atoms with E-state index in [0.29, 0.717) is 11.5 Å². The third-order valence-electron chi connectivity index (χ3n) is 3.02. The minimum Gasteiger partial charge on any atom is -0.340 e. The van der Waals surface area contributed by atoms with E-state index < -0.39 is 12.0 Å². The van der Waals surface area contributed by atoms with Crippen molar-refractivity contribution in [3.05, 3.63) is 47.4 Å². The zero-order valence-electron chi connectivity index (χ0n) is 11.8. The molecule has 0 aliphatic rings. The summed E-state index contributed by atoms with van der Waals surface area (Å²) in [6.45, 7) is 3.63. The van der Waals surface area contributed by atoms with Gasteiger partial charge in [0, 0.05) is 17.4 Å². The molecule has 22 heavy (non-hydrogen) atoms. The molecule has 0 amide bonds. The van der Waals surface area contributed by atoms with Crippen molar-refractivity contribution < 1.29 is 13.2 Å². The van der Waals surface area contributed by atoms with E-state index in [1.54, 1.807) is 13.0 Å². The second-order valence-electron chi connectivity index (χ2n) is 4.92. The zero-order valence-corrected chi connectivity index (χ0v) is 11.8. The number of nitrogens with one attached hydrogen (secondary N) is 1. The summed E-state index contributed by atoms with van der Waals surface area (Å²) in [5.74, 6) is -0.936. The number of halogens is 3. The van der Waals surface area contributed by atoms with Gasteiger partial charge in [0.25, 0.3) is 11.6 Å². The van der Waals surface area contributed by atoms with Gasteiger partial charge in [-0.2, -0.15) is 22.7 Å². The Balaban J connectivity index is 2.08. The Bertz CT molecular complexity index is 821. The van der Waals surface area contributed by atoms with Gasteiger partial charge in [0.05, 0.1) is 0 Å². The van der Waals surface area contributed by atoms with Crippen molar-refractivity contribution in [2.24, 2.45) is 0 Å². The van der Waals surface area contributed by atoms with Gasteiger partial charge in [-0.25, -0.2) is 4.98 Å². The topological polar surface area (TPSA) is 55.1 Å². The Morgan fingerprint density at radius 1 is 1.05 bits per heavy atom. The molecule has 1 N–H and O–H groups in total. The van der Waals surface area contributed by atoms with Crippen LogP contribution in [0.5, 0.6) is 0 Å². The molecule has 0 bridgehead atoms. The Hall–Kier alpha value is -2.64. The molecule has 3 aromatic rings. The number of fused-ring (bicyclic) bond motifs is 1. The maximum Gasteiger partial charge on any atom is 0.453 e. The first kappa shape index (κ1) is 14.3. The third-order valence-corrected chi connectivity index (χ3v) is 3.02. The first-order valence-electron chi connectivity index (χ1n) is 6.48. The highest BCUT2D eigenvalue weighted by Crippen LogP contribution is 2.27. The van der Waals surface area contributed by atoms with Crippen molar-refractivity contribution >= 4 is 17.3 Å². The van der Waals surface area contributed by atoms with Crippen LogP contribution in [-0.4, -0.2) is 19.6 Å². The van der Waals surface area contributed by atoms with Crippen molar-refractivity contribution in [1.29, 1.82) is 0 Å². The molecule has 8 heteroatoms. The normalized spacial score (nSPS) is 11.9. The maximum atomic E-state index is 12.7. The summed E-state index contributed by atoms with van der Waals surface area (Å²) >= 11 is 0. The summed E-state index contributed by atoms with van der Waals surface area (Å²) in [5, 5.41) is 6.53. The van der Waals surface area contributed by atoms with Gasteiger partial charge >= 0.3 is 6.18 Å². The SMILES string of the molecule is Cc1ccc(Nc2cc(C)nc3nc(C(F)(F)F)nn23)cc1. The smallest absolute Gasteiger partial charge is 0.340 e. The van der Waals surface area contributed by atoms with Crippen molar-refractivity contribution in [3.63, 3.8) is 0 Å². The lowest BCUT2D eigenvalue weighted by Gasteiger charge is -2.08. The van der Waals surface area contributed by atoms with Gasteiger partial charge in [-0.1, -0.05) is 17.7 Å². The summed E-state index contributed by atoms with van der Waals surface area (Å²) in [7, 11) is 0. The summed E-state index contributed by atoms with van der Waals surface area (Å²) in [4.78, 5) is 7.41. The van der Waals surface area contributed by atoms with Crippen LogP contribution in [0.4, 0.5) is 24.7 Å². The molecule has 0 radical (unpaired) electrons. The molecule has 3 rings (SSSR count). The second kappa shape index (κ2) is 4.97. The van der Waals surface area contributed by atoms with Gasteiger partial charge in [-0.3, -0.25) is 0 Å². The number of aryl methyl sites for hydroxylation is 2. The summed E-state index contributed by atoms with van der Waals surface area (Å²) in [6, 6.07) is 9.07. The summed E-state index contributed by atoms with van der Waals surface area (Å²) < 4.78 is 39.3. The van der Waals surface area contributed by atoms with Crippen molar-refractivity contribution in [1.82, 2.24) is 19.6 Å². The van der Waals surface area contributed by atoms with E-state index >= 15 is 0 Å². The van der Waals surface area contributed by atoms with Crippen LogP contribution >= 0.6 is 0 Å². The van der Waals surface area contributed by atoms with Crippen LogP contribution in [0, 0.1) is 13.8 Å². The molecule has 0 fully saturated rings. The molecular weight excluding hydrogens is 295 g/mol. The van der Waals surface area contributed by atoms with E-state index in [1.807, 2.05) is 31.2 Å². The summed E-state index contributed by atoms with van der Waals surface area (Å²) in [6.07, 6.45) is -4.61. The Morgan fingerprint density at radius 2 is 1.73 bits per heavy atom. The van der Waals surface area contributed by atoms with E-state index in [0.717, 1.165) is 15.8 Å². The highest BCUT2D eigenvalue weighted by Gasteiger charge is 2.36.